The molecule has 0 radical (unpaired) electrons. The Hall–Kier alpha value is -1.97. The smallest absolute Gasteiger partial charge is 0.341 e. The summed E-state index contributed by atoms with van der Waals surface area (Å²) >= 11 is 0. The van der Waals surface area contributed by atoms with Crippen LogP contribution in [0.4, 0.5) is 0 Å². The molecule has 78 valence electrons. The Kier molecular flexibility index (Phi) is 2.33. The van der Waals surface area contributed by atoms with E-state index in [4.69, 9.17) is 4.74 Å². The minimum atomic E-state index is -0.502. The van der Waals surface area contributed by atoms with E-state index >= 15 is 0 Å². The van der Waals surface area contributed by atoms with Crippen LogP contribution in [0.15, 0.2) is 24.4 Å². The monoisotopic (exact) mass is 205 g/mol. The molecule has 1 aromatic carbocycles. The number of nitrogens with one attached hydrogen (secondary N) is 1. The van der Waals surface area contributed by atoms with Crippen LogP contribution >= 0.6 is 0 Å². The van der Waals surface area contributed by atoms with Crippen LogP contribution in [0.2, 0.25) is 0 Å². The van der Waals surface area contributed by atoms with Crippen LogP contribution in [-0.4, -0.2) is 22.7 Å². The fourth-order valence-electron chi connectivity index (χ4n) is 1.46. The second-order valence-corrected chi connectivity index (χ2v) is 3.15. The van der Waals surface area contributed by atoms with E-state index in [1.165, 1.54) is 6.07 Å². The molecule has 0 saturated heterocycles. The van der Waals surface area contributed by atoms with Gasteiger partial charge in [0.15, 0.2) is 0 Å². The van der Waals surface area contributed by atoms with Gasteiger partial charge in [0.05, 0.1) is 6.61 Å². The summed E-state index contributed by atoms with van der Waals surface area (Å²) in [4.78, 5) is 14.4. The van der Waals surface area contributed by atoms with E-state index in [0.717, 1.165) is 10.9 Å². The Morgan fingerprint density at radius 3 is 3.07 bits per heavy atom. The molecular weight excluding hydrogens is 194 g/mol. The van der Waals surface area contributed by atoms with Crippen LogP contribution in [0.1, 0.15) is 17.3 Å². The van der Waals surface area contributed by atoms with Crippen molar-refractivity contribution in [1.82, 2.24) is 4.98 Å². The number of hydrogen-bond acceptors (Lipinski definition) is 3. The van der Waals surface area contributed by atoms with E-state index in [0.29, 0.717) is 6.61 Å². The van der Waals surface area contributed by atoms with Gasteiger partial charge in [0.1, 0.15) is 11.3 Å². The molecule has 0 aliphatic rings. The molecule has 0 fully saturated rings. The first kappa shape index (κ1) is 9.58. The number of aromatic nitrogens is 1. The fourth-order valence-corrected chi connectivity index (χ4v) is 1.46. The van der Waals surface area contributed by atoms with Gasteiger partial charge in [-0.15, -0.1) is 0 Å². The summed E-state index contributed by atoms with van der Waals surface area (Å²) < 4.78 is 4.83. The molecule has 0 aliphatic carbocycles. The lowest BCUT2D eigenvalue weighted by Gasteiger charge is -2.04. The molecular formula is C11H11NO3. The van der Waals surface area contributed by atoms with Gasteiger partial charge in [0.25, 0.3) is 0 Å². The number of H-pyrrole nitrogens is 1. The number of hydrogen-bond donors (Lipinski definition) is 2. The topological polar surface area (TPSA) is 62.3 Å². The summed E-state index contributed by atoms with van der Waals surface area (Å²) in [5.74, 6) is -0.568. The molecule has 2 rings (SSSR count). The number of ether oxygens (including phenoxy) is 1. The summed E-state index contributed by atoms with van der Waals surface area (Å²) in [5.41, 5.74) is 0.990. The molecule has 2 N–H and O–H groups in total. The zero-order valence-corrected chi connectivity index (χ0v) is 8.28. The molecule has 0 unspecified atom stereocenters. The van der Waals surface area contributed by atoms with E-state index in [-0.39, 0.29) is 11.3 Å². The van der Waals surface area contributed by atoms with Crippen molar-refractivity contribution < 1.29 is 14.6 Å². The second kappa shape index (κ2) is 3.65. The largest absolute Gasteiger partial charge is 0.507 e. The summed E-state index contributed by atoms with van der Waals surface area (Å²) in [7, 11) is 0. The van der Waals surface area contributed by atoms with Crippen LogP contribution < -0.4 is 0 Å². The van der Waals surface area contributed by atoms with Gasteiger partial charge in [-0.1, -0.05) is 0 Å². The Bertz CT molecular complexity index is 502. The summed E-state index contributed by atoms with van der Waals surface area (Å²) in [6, 6.07) is 4.96. The van der Waals surface area contributed by atoms with Crippen LogP contribution in [-0.2, 0) is 4.74 Å². The van der Waals surface area contributed by atoms with E-state index in [2.05, 4.69) is 4.98 Å². The van der Waals surface area contributed by atoms with Crippen LogP contribution in [0.3, 0.4) is 0 Å². The third-order valence-electron chi connectivity index (χ3n) is 2.16. The third-order valence-corrected chi connectivity index (χ3v) is 2.16. The predicted molar refractivity (Wildman–Crippen MR) is 55.9 cm³/mol. The normalized spacial score (nSPS) is 10.5. The molecule has 0 aliphatic heterocycles. The zero-order chi connectivity index (χ0) is 10.8. The Morgan fingerprint density at radius 2 is 2.33 bits per heavy atom. The second-order valence-electron chi connectivity index (χ2n) is 3.15. The molecule has 4 nitrogen and oxygen atoms in total. The predicted octanol–water partition coefficient (Wildman–Crippen LogP) is 2.05. The Morgan fingerprint density at radius 1 is 1.53 bits per heavy atom. The average molecular weight is 205 g/mol. The number of carbonyl (C=O) groups excluding carboxylic acids is 1. The van der Waals surface area contributed by atoms with Crippen molar-refractivity contribution in [2.75, 3.05) is 6.61 Å². The number of rotatable bonds is 2. The zero-order valence-electron chi connectivity index (χ0n) is 8.28. The first-order valence-electron chi connectivity index (χ1n) is 4.69. The minimum Gasteiger partial charge on any atom is -0.507 e. The van der Waals surface area contributed by atoms with Gasteiger partial charge in [0, 0.05) is 23.2 Å². The van der Waals surface area contributed by atoms with Crippen molar-refractivity contribution in [3.63, 3.8) is 0 Å². The van der Waals surface area contributed by atoms with Gasteiger partial charge in [-0.05, 0) is 19.1 Å². The van der Waals surface area contributed by atoms with Gasteiger partial charge >= 0.3 is 5.97 Å². The molecule has 0 bridgehead atoms. The van der Waals surface area contributed by atoms with Crippen molar-refractivity contribution in [2.24, 2.45) is 0 Å². The molecule has 0 amide bonds. The van der Waals surface area contributed by atoms with Crippen molar-refractivity contribution in [3.05, 3.63) is 30.0 Å². The number of carbonyl (C=O) groups is 1. The molecule has 0 atom stereocenters. The Labute approximate surface area is 86.5 Å². The lowest BCUT2D eigenvalue weighted by Crippen LogP contribution is -2.04. The average Bonchev–Trinajstić information content (AvgIpc) is 2.63. The molecule has 4 heteroatoms. The molecule has 1 aromatic heterocycles. The maximum atomic E-state index is 11.4. The molecule has 15 heavy (non-hydrogen) atoms. The number of phenols is 1. The maximum Gasteiger partial charge on any atom is 0.341 e. The number of benzene rings is 1. The van der Waals surface area contributed by atoms with Crippen LogP contribution in [0, 0.1) is 0 Å². The summed E-state index contributed by atoms with van der Waals surface area (Å²) in [6.45, 7) is 2.02. The van der Waals surface area contributed by atoms with E-state index in [9.17, 15) is 9.90 Å². The molecule has 0 spiro atoms. The first-order valence-corrected chi connectivity index (χ1v) is 4.69. The highest BCUT2D eigenvalue weighted by Gasteiger charge is 2.13. The highest BCUT2D eigenvalue weighted by molar-refractivity contribution is 5.97. The van der Waals surface area contributed by atoms with Gasteiger partial charge < -0.3 is 14.8 Å². The van der Waals surface area contributed by atoms with Gasteiger partial charge in [-0.3, -0.25) is 0 Å². The maximum absolute atomic E-state index is 11.4. The summed E-state index contributed by atoms with van der Waals surface area (Å²) in [5, 5.41) is 10.5. The number of aromatic hydroxyl groups is 1. The van der Waals surface area contributed by atoms with Gasteiger partial charge in [-0.2, -0.15) is 0 Å². The number of esters is 1. The van der Waals surface area contributed by atoms with Crippen LogP contribution in [0.5, 0.6) is 5.75 Å². The fraction of sp³-hybridized carbons (Fsp3) is 0.182. The third kappa shape index (κ3) is 1.66. The van der Waals surface area contributed by atoms with E-state index < -0.39 is 5.97 Å². The first-order chi connectivity index (χ1) is 7.22. The lowest BCUT2D eigenvalue weighted by molar-refractivity contribution is 0.0523. The standard InChI is InChI=1S/C11H11NO3/c1-2-15-11(14)8-5-7-3-4-12-9(7)6-10(8)13/h3-6,12-13H,2H2,1H3. The lowest BCUT2D eigenvalue weighted by atomic mass is 10.1. The Balaban J connectivity index is 2.50. The van der Waals surface area contributed by atoms with Crippen molar-refractivity contribution in [2.45, 2.75) is 6.92 Å². The highest BCUT2D eigenvalue weighted by atomic mass is 16.5. The van der Waals surface area contributed by atoms with Crippen molar-refractivity contribution in [3.8, 4) is 5.75 Å². The summed E-state index contributed by atoms with van der Waals surface area (Å²) in [6.07, 6.45) is 1.75. The number of fused-ring (bicyclic) bond motifs is 1. The highest BCUT2D eigenvalue weighted by Crippen LogP contribution is 2.24. The quantitative estimate of drug-likeness (QED) is 0.737. The van der Waals surface area contributed by atoms with Gasteiger partial charge in [0.2, 0.25) is 0 Å². The van der Waals surface area contributed by atoms with E-state index in [1.54, 1.807) is 19.2 Å². The molecule has 2 aromatic rings. The molecule has 1 heterocycles. The van der Waals surface area contributed by atoms with Crippen LogP contribution in [0.25, 0.3) is 10.9 Å². The van der Waals surface area contributed by atoms with Crippen molar-refractivity contribution in [1.29, 1.82) is 0 Å². The van der Waals surface area contributed by atoms with E-state index in [1.807, 2.05) is 6.07 Å². The molecule has 0 saturated carbocycles. The minimum absolute atomic E-state index is 0.0663. The van der Waals surface area contributed by atoms with Gasteiger partial charge in [-0.25, -0.2) is 4.79 Å². The number of aromatic amines is 1. The number of phenolic OH excluding ortho intramolecular Hbond substituents is 1. The SMILES string of the molecule is CCOC(=O)c1cc2cc[nH]c2cc1O. The van der Waals surface area contributed by atoms with Crippen molar-refractivity contribution >= 4 is 16.9 Å².